The fourth-order valence-electron chi connectivity index (χ4n) is 2.12. The van der Waals surface area contributed by atoms with Gasteiger partial charge in [0.15, 0.2) is 0 Å². The fraction of sp³-hybridized carbons (Fsp3) is 0.538. The summed E-state index contributed by atoms with van der Waals surface area (Å²) in [5.41, 5.74) is 1.32. The van der Waals surface area contributed by atoms with E-state index in [1.54, 1.807) is 7.11 Å². The SMILES string of the molecule is COc1ccc(CC(C)C2OC2C)cc1Br. The summed E-state index contributed by atoms with van der Waals surface area (Å²) in [4.78, 5) is 0. The molecule has 1 aliphatic heterocycles. The van der Waals surface area contributed by atoms with E-state index < -0.39 is 0 Å². The van der Waals surface area contributed by atoms with Crippen molar-refractivity contribution < 1.29 is 9.47 Å². The molecule has 0 spiro atoms. The van der Waals surface area contributed by atoms with E-state index in [4.69, 9.17) is 9.47 Å². The summed E-state index contributed by atoms with van der Waals surface area (Å²) >= 11 is 3.51. The third-order valence-corrected chi connectivity index (χ3v) is 3.71. The van der Waals surface area contributed by atoms with Gasteiger partial charge in [0.2, 0.25) is 0 Å². The molecular formula is C13H17BrO2. The molecule has 3 heteroatoms. The molecule has 88 valence electrons. The molecule has 3 atom stereocenters. The van der Waals surface area contributed by atoms with Crippen LogP contribution < -0.4 is 4.74 Å². The number of halogens is 1. The standard InChI is InChI=1S/C13H17BrO2/c1-8(13-9(2)16-13)6-10-4-5-12(15-3)11(14)7-10/h4-5,7-9,13H,6H2,1-3H3. The predicted octanol–water partition coefficient (Wildman–Crippen LogP) is 3.42. The van der Waals surface area contributed by atoms with E-state index in [1.807, 2.05) is 6.07 Å². The summed E-state index contributed by atoms with van der Waals surface area (Å²) in [6, 6.07) is 6.25. The molecule has 0 aromatic heterocycles. The Kier molecular flexibility index (Phi) is 3.55. The lowest BCUT2D eigenvalue weighted by Crippen LogP contribution is -2.09. The van der Waals surface area contributed by atoms with Gasteiger partial charge in [0, 0.05) is 0 Å². The van der Waals surface area contributed by atoms with E-state index in [1.165, 1.54) is 5.56 Å². The van der Waals surface area contributed by atoms with Gasteiger partial charge in [-0.25, -0.2) is 0 Å². The first-order chi connectivity index (χ1) is 7.61. The minimum atomic E-state index is 0.441. The highest BCUT2D eigenvalue weighted by Gasteiger charge is 2.38. The van der Waals surface area contributed by atoms with Crippen LogP contribution in [0, 0.1) is 5.92 Å². The lowest BCUT2D eigenvalue weighted by atomic mass is 9.97. The van der Waals surface area contributed by atoms with Crippen LogP contribution in [0.1, 0.15) is 19.4 Å². The van der Waals surface area contributed by atoms with Crippen LogP contribution in [-0.4, -0.2) is 19.3 Å². The molecule has 0 saturated carbocycles. The van der Waals surface area contributed by atoms with Crippen molar-refractivity contribution in [1.82, 2.24) is 0 Å². The van der Waals surface area contributed by atoms with Crippen molar-refractivity contribution in [2.24, 2.45) is 5.92 Å². The summed E-state index contributed by atoms with van der Waals surface area (Å²) in [5.74, 6) is 1.46. The molecule has 16 heavy (non-hydrogen) atoms. The average molecular weight is 285 g/mol. The van der Waals surface area contributed by atoms with Gasteiger partial charge >= 0.3 is 0 Å². The van der Waals surface area contributed by atoms with Gasteiger partial charge in [-0.15, -0.1) is 0 Å². The Hall–Kier alpha value is -0.540. The lowest BCUT2D eigenvalue weighted by Gasteiger charge is -2.10. The first-order valence-corrected chi connectivity index (χ1v) is 6.39. The smallest absolute Gasteiger partial charge is 0.133 e. The molecule has 1 aromatic carbocycles. The molecule has 0 N–H and O–H groups in total. The topological polar surface area (TPSA) is 21.8 Å². The van der Waals surface area contributed by atoms with Crippen LogP contribution in [0.25, 0.3) is 0 Å². The molecule has 1 saturated heterocycles. The molecule has 1 aromatic rings. The summed E-state index contributed by atoms with van der Waals surface area (Å²) < 4.78 is 11.7. The Morgan fingerprint density at radius 3 is 2.69 bits per heavy atom. The fourth-order valence-corrected chi connectivity index (χ4v) is 2.71. The molecule has 1 heterocycles. The van der Waals surface area contributed by atoms with Crippen LogP contribution in [0.3, 0.4) is 0 Å². The minimum Gasteiger partial charge on any atom is -0.496 e. The second-order valence-electron chi connectivity index (χ2n) is 4.46. The first kappa shape index (κ1) is 11.9. The number of benzene rings is 1. The van der Waals surface area contributed by atoms with E-state index in [2.05, 4.69) is 41.9 Å². The monoisotopic (exact) mass is 284 g/mol. The zero-order valence-electron chi connectivity index (χ0n) is 9.87. The number of hydrogen-bond acceptors (Lipinski definition) is 2. The van der Waals surface area contributed by atoms with Gasteiger partial charge in [-0.2, -0.15) is 0 Å². The van der Waals surface area contributed by atoms with Crippen LogP contribution >= 0.6 is 15.9 Å². The number of rotatable bonds is 4. The highest BCUT2D eigenvalue weighted by Crippen LogP contribution is 2.32. The molecular weight excluding hydrogens is 268 g/mol. The molecule has 0 radical (unpaired) electrons. The van der Waals surface area contributed by atoms with Crippen LogP contribution in [0.2, 0.25) is 0 Å². The predicted molar refractivity (Wildman–Crippen MR) is 67.9 cm³/mol. The molecule has 0 amide bonds. The lowest BCUT2D eigenvalue weighted by molar-refractivity contribution is 0.328. The summed E-state index contributed by atoms with van der Waals surface area (Å²) in [5, 5.41) is 0. The second kappa shape index (κ2) is 4.76. The maximum atomic E-state index is 5.49. The molecule has 1 aliphatic rings. The third-order valence-electron chi connectivity index (χ3n) is 3.09. The summed E-state index contributed by atoms with van der Waals surface area (Å²) in [7, 11) is 1.68. The Bertz CT molecular complexity index is 378. The number of ether oxygens (including phenoxy) is 2. The van der Waals surface area contributed by atoms with Gasteiger partial charge in [0.05, 0.1) is 23.8 Å². The Balaban J connectivity index is 2.01. The third kappa shape index (κ3) is 2.58. The normalized spacial score (nSPS) is 25.2. The average Bonchev–Trinajstić information content (AvgIpc) is 2.96. The van der Waals surface area contributed by atoms with Crippen molar-refractivity contribution in [3.05, 3.63) is 28.2 Å². The quantitative estimate of drug-likeness (QED) is 0.791. The summed E-state index contributed by atoms with van der Waals surface area (Å²) in [6.45, 7) is 4.37. The van der Waals surface area contributed by atoms with Crippen LogP contribution in [-0.2, 0) is 11.2 Å². The molecule has 2 nitrogen and oxygen atoms in total. The van der Waals surface area contributed by atoms with Crippen LogP contribution in [0.5, 0.6) is 5.75 Å². The van der Waals surface area contributed by atoms with Gasteiger partial charge in [-0.3, -0.25) is 0 Å². The zero-order chi connectivity index (χ0) is 11.7. The largest absolute Gasteiger partial charge is 0.496 e. The van der Waals surface area contributed by atoms with Gasteiger partial charge in [0.25, 0.3) is 0 Å². The van der Waals surface area contributed by atoms with E-state index in [0.29, 0.717) is 18.1 Å². The van der Waals surface area contributed by atoms with Crippen molar-refractivity contribution in [2.75, 3.05) is 7.11 Å². The van der Waals surface area contributed by atoms with Gasteiger partial charge in [0.1, 0.15) is 5.75 Å². The zero-order valence-corrected chi connectivity index (χ0v) is 11.5. The Morgan fingerprint density at radius 1 is 1.50 bits per heavy atom. The van der Waals surface area contributed by atoms with Crippen molar-refractivity contribution in [3.8, 4) is 5.75 Å². The van der Waals surface area contributed by atoms with E-state index in [-0.39, 0.29) is 0 Å². The van der Waals surface area contributed by atoms with Gasteiger partial charge in [-0.1, -0.05) is 13.0 Å². The van der Waals surface area contributed by atoms with Crippen molar-refractivity contribution >= 4 is 15.9 Å². The number of methoxy groups -OCH3 is 1. The number of epoxide rings is 1. The number of hydrogen-bond donors (Lipinski definition) is 0. The second-order valence-corrected chi connectivity index (χ2v) is 5.31. The van der Waals surface area contributed by atoms with Gasteiger partial charge < -0.3 is 9.47 Å². The van der Waals surface area contributed by atoms with E-state index >= 15 is 0 Å². The molecule has 1 fully saturated rings. The molecule has 3 unspecified atom stereocenters. The maximum Gasteiger partial charge on any atom is 0.133 e. The van der Waals surface area contributed by atoms with E-state index in [0.717, 1.165) is 16.6 Å². The molecule has 0 aliphatic carbocycles. The minimum absolute atomic E-state index is 0.441. The van der Waals surface area contributed by atoms with Crippen molar-refractivity contribution in [1.29, 1.82) is 0 Å². The van der Waals surface area contributed by atoms with E-state index in [9.17, 15) is 0 Å². The highest BCUT2D eigenvalue weighted by molar-refractivity contribution is 9.10. The maximum absolute atomic E-state index is 5.49. The van der Waals surface area contributed by atoms with Crippen molar-refractivity contribution in [2.45, 2.75) is 32.5 Å². The Morgan fingerprint density at radius 2 is 2.19 bits per heavy atom. The Labute approximate surface area is 105 Å². The molecule has 2 rings (SSSR count). The highest BCUT2D eigenvalue weighted by atomic mass is 79.9. The van der Waals surface area contributed by atoms with Crippen LogP contribution in [0.4, 0.5) is 0 Å². The van der Waals surface area contributed by atoms with Gasteiger partial charge in [-0.05, 0) is 52.9 Å². The van der Waals surface area contributed by atoms with Crippen molar-refractivity contribution in [3.63, 3.8) is 0 Å². The van der Waals surface area contributed by atoms with Crippen LogP contribution in [0.15, 0.2) is 22.7 Å². The first-order valence-electron chi connectivity index (χ1n) is 5.59. The molecule has 0 bridgehead atoms. The summed E-state index contributed by atoms with van der Waals surface area (Å²) in [6.07, 6.45) is 1.94.